The molecule has 2 N–H and O–H groups in total. The van der Waals surface area contributed by atoms with Crippen LogP contribution in [0.15, 0.2) is 29.3 Å². The third kappa shape index (κ3) is 7.15. The summed E-state index contributed by atoms with van der Waals surface area (Å²) in [5, 5.41) is 6.41. The smallest absolute Gasteiger partial charge is 0.251 e. The van der Waals surface area contributed by atoms with Gasteiger partial charge < -0.3 is 20.3 Å². The fraction of sp³-hybridized carbons (Fsp3) is 0.636. The van der Waals surface area contributed by atoms with E-state index in [4.69, 9.17) is 4.74 Å². The van der Waals surface area contributed by atoms with E-state index in [2.05, 4.69) is 34.5 Å². The maximum Gasteiger partial charge on any atom is 0.251 e. The second-order valence-electron chi connectivity index (χ2n) is 7.65. The van der Waals surface area contributed by atoms with E-state index in [0.29, 0.717) is 12.1 Å². The van der Waals surface area contributed by atoms with Crippen LogP contribution in [0.25, 0.3) is 0 Å². The van der Waals surface area contributed by atoms with Gasteiger partial charge in [-0.15, -0.1) is 0 Å². The first kappa shape index (κ1) is 22.2. The van der Waals surface area contributed by atoms with Gasteiger partial charge in [-0.05, 0) is 56.2 Å². The molecule has 0 aromatic heterocycles. The number of rotatable bonds is 8. The van der Waals surface area contributed by atoms with E-state index in [1.54, 1.807) is 0 Å². The first-order chi connectivity index (χ1) is 13.5. The molecule has 1 saturated heterocycles. The summed E-state index contributed by atoms with van der Waals surface area (Å²) in [5.74, 6) is 1.63. The van der Waals surface area contributed by atoms with E-state index < -0.39 is 0 Å². The third-order valence-electron chi connectivity index (χ3n) is 5.44. The number of nitrogens with one attached hydrogen (secondary N) is 2. The number of amides is 1. The Labute approximate surface area is 169 Å². The summed E-state index contributed by atoms with van der Waals surface area (Å²) in [7, 11) is 3.90. The molecular formula is C22H36N4O2. The van der Waals surface area contributed by atoms with Gasteiger partial charge in [-0.3, -0.25) is 9.79 Å². The van der Waals surface area contributed by atoms with Gasteiger partial charge in [-0.2, -0.15) is 0 Å². The van der Waals surface area contributed by atoms with Gasteiger partial charge in [0, 0.05) is 52.0 Å². The highest BCUT2D eigenvalue weighted by molar-refractivity contribution is 5.94. The van der Waals surface area contributed by atoms with Gasteiger partial charge in [-0.25, -0.2) is 0 Å². The first-order valence-corrected chi connectivity index (χ1v) is 10.4. The monoisotopic (exact) mass is 388 g/mol. The maximum atomic E-state index is 12.2. The van der Waals surface area contributed by atoms with E-state index in [-0.39, 0.29) is 11.9 Å². The molecule has 1 unspecified atom stereocenters. The summed E-state index contributed by atoms with van der Waals surface area (Å²) in [6.45, 7) is 7.54. The molecular weight excluding hydrogens is 352 g/mol. The quantitative estimate of drug-likeness (QED) is 0.531. The minimum Gasteiger partial charge on any atom is -0.381 e. The molecule has 0 spiro atoms. The van der Waals surface area contributed by atoms with Crippen LogP contribution < -0.4 is 10.6 Å². The highest BCUT2D eigenvalue weighted by Gasteiger charge is 2.15. The van der Waals surface area contributed by atoms with Crippen molar-refractivity contribution >= 4 is 11.9 Å². The van der Waals surface area contributed by atoms with Crippen LogP contribution in [-0.2, 0) is 11.3 Å². The molecule has 2 rings (SSSR count). The number of hydrogen-bond donors (Lipinski definition) is 2. The highest BCUT2D eigenvalue weighted by atomic mass is 16.5. The highest BCUT2D eigenvalue weighted by Crippen LogP contribution is 2.18. The topological polar surface area (TPSA) is 66.0 Å². The van der Waals surface area contributed by atoms with Crippen molar-refractivity contribution in [3.05, 3.63) is 35.4 Å². The third-order valence-corrected chi connectivity index (χ3v) is 5.44. The van der Waals surface area contributed by atoms with Gasteiger partial charge in [0.15, 0.2) is 5.96 Å². The maximum absolute atomic E-state index is 12.2. The summed E-state index contributed by atoms with van der Waals surface area (Å²) in [6, 6.07) is 7.94. The second kappa shape index (κ2) is 11.7. The zero-order valence-corrected chi connectivity index (χ0v) is 17.8. The summed E-state index contributed by atoms with van der Waals surface area (Å²) in [4.78, 5) is 18.8. The lowest BCUT2D eigenvalue weighted by molar-refractivity contribution is 0.0625. The van der Waals surface area contributed by atoms with Crippen molar-refractivity contribution in [3.63, 3.8) is 0 Å². The number of carbonyl (C=O) groups is 1. The number of ether oxygens (including phenoxy) is 1. The number of aliphatic imine (C=N–C) groups is 1. The summed E-state index contributed by atoms with van der Waals surface area (Å²) in [5.41, 5.74) is 1.82. The second-order valence-corrected chi connectivity index (χ2v) is 7.65. The van der Waals surface area contributed by atoms with Crippen LogP contribution in [0.4, 0.5) is 0 Å². The Bertz CT molecular complexity index is 624. The van der Waals surface area contributed by atoms with Crippen molar-refractivity contribution < 1.29 is 9.53 Å². The number of carbonyl (C=O) groups excluding carboxylic acids is 1. The Morgan fingerprint density at radius 2 is 1.96 bits per heavy atom. The average molecular weight is 389 g/mol. The summed E-state index contributed by atoms with van der Waals surface area (Å²) >= 11 is 0. The molecule has 0 saturated carbocycles. The molecule has 1 heterocycles. The van der Waals surface area contributed by atoms with Crippen molar-refractivity contribution in [1.29, 1.82) is 0 Å². The largest absolute Gasteiger partial charge is 0.381 e. The molecule has 156 valence electrons. The van der Waals surface area contributed by atoms with E-state index in [9.17, 15) is 4.79 Å². The van der Waals surface area contributed by atoms with Crippen molar-refractivity contribution in [2.45, 2.75) is 52.1 Å². The number of nitrogens with zero attached hydrogens (tertiary/aromatic N) is 2. The zero-order valence-electron chi connectivity index (χ0n) is 17.8. The SMILES string of the molecule is CCC(C)NC(=O)c1ccc(CNC(=NC)N(C)CCC2CCOCC2)cc1. The molecule has 6 nitrogen and oxygen atoms in total. The van der Waals surface area contributed by atoms with Gasteiger partial charge in [0.05, 0.1) is 0 Å². The molecule has 1 atom stereocenters. The molecule has 1 aromatic rings. The lowest BCUT2D eigenvalue weighted by Gasteiger charge is -2.26. The van der Waals surface area contributed by atoms with Crippen LogP contribution >= 0.6 is 0 Å². The van der Waals surface area contributed by atoms with Crippen molar-refractivity contribution in [2.75, 3.05) is 33.9 Å². The number of benzene rings is 1. The van der Waals surface area contributed by atoms with E-state index in [1.165, 1.54) is 6.42 Å². The molecule has 1 aliphatic heterocycles. The minimum absolute atomic E-state index is 0.0162. The number of guanidine groups is 1. The fourth-order valence-corrected chi connectivity index (χ4v) is 3.27. The molecule has 6 heteroatoms. The van der Waals surface area contributed by atoms with E-state index in [0.717, 1.165) is 56.5 Å². The molecule has 0 radical (unpaired) electrons. The molecule has 28 heavy (non-hydrogen) atoms. The molecule has 1 aliphatic rings. The zero-order chi connectivity index (χ0) is 20.4. The average Bonchev–Trinajstić information content (AvgIpc) is 2.73. The van der Waals surface area contributed by atoms with Gasteiger partial charge in [-0.1, -0.05) is 19.1 Å². The van der Waals surface area contributed by atoms with E-state index in [1.807, 2.05) is 38.2 Å². The predicted octanol–water partition coefficient (Wildman–Crippen LogP) is 3.04. The van der Waals surface area contributed by atoms with Crippen LogP contribution in [-0.4, -0.2) is 56.7 Å². The van der Waals surface area contributed by atoms with Crippen molar-refractivity contribution in [2.24, 2.45) is 10.9 Å². The lowest BCUT2D eigenvalue weighted by Crippen LogP contribution is -2.39. The predicted molar refractivity (Wildman–Crippen MR) is 115 cm³/mol. The van der Waals surface area contributed by atoms with Crippen LogP contribution in [0.3, 0.4) is 0 Å². The molecule has 1 amide bonds. The van der Waals surface area contributed by atoms with Crippen LogP contribution in [0.1, 0.15) is 55.5 Å². The standard InChI is InChI=1S/C22H36N4O2/c1-5-17(2)25-21(27)20-8-6-19(7-9-20)16-24-22(23-3)26(4)13-10-18-11-14-28-15-12-18/h6-9,17-18H,5,10-16H2,1-4H3,(H,23,24)(H,25,27). The molecule has 0 aliphatic carbocycles. The van der Waals surface area contributed by atoms with Crippen LogP contribution in [0, 0.1) is 5.92 Å². The molecule has 1 aromatic carbocycles. The lowest BCUT2D eigenvalue weighted by atomic mass is 9.96. The Morgan fingerprint density at radius 3 is 2.57 bits per heavy atom. The minimum atomic E-state index is -0.0162. The van der Waals surface area contributed by atoms with Crippen molar-refractivity contribution in [1.82, 2.24) is 15.5 Å². The van der Waals surface area contributed by atoms with Gasteiger partial charge in [0.25, 0.3) is 5.91 Å². The Kier molecular flexibility index (Phi) is 9.28. The Balaban J connectivity index is 1.79. The Morgan fingerprint density at radius 1 is 1.29 bits per heavy atom. The summed E-state index contributed by atoms with van der Waals surface area (Å²) in [6.07, 6.45) is 4.42. The molecule has 1 fully saturated rings. The normalized spacial score (nSPS) is 16.5. The van der Waals surface area contributed by atoms with Crippen LogP contribution in [0.2, 0.25) is 0 Å². The van der Waals surface area contributed by atoms with E-state index >= 15 is 0 Å². The molecule has 0 bridgehead atoms. The fourth-order valence-electron chi connectivity index (χ4n) is 3.27. The Hall–Kier alpha value is -2.08. The van der Waals surface area contributed by atoms with Gasteiger partial charge >= 0.3 is 0 Å². The van der Waals surface area contributed by atoms with Crippen molar-refractivity contribution in [3.8, 4) is 0 Å². The summed E-state index contributed by atoms with van der Waals surface area (Å²) < 4.78 is 5.44. The van der Waals surface area contributed by atoms with Gasteiger partial charge in [0.2, 0.25) is 0 Å². The number of hydrogen-bond acceptors (Lipinski definition) is 3. The van der Waals surface area contributed by atoms with Gasteiger partial charge in [0.1, 0.15) is 0 Å². The van der Waals surface area contributed by atoms with Crippen LogP contribution in [0.5, 0.6) is 0 Å². The first-order valence-electron chi connectivity index (χ1n) is 10.4.